The molecule has 12 atom stereocenters. The van der Waals surface area contributed by atoms with Crippen molar-refractivity contribution >= 4 is 67.5 Å². The molecule has 32 heteroatoms. The Balaban J connectivity index is 0.000000145. The number of nitrogen functional groups attached to an aromatic ring is 1. The molecule has 6 aliphatic rings. The van der Waals surface area contributed by atoms with Gasteiger partial charge in [-0.2, -0.15) is 0 Å². The van der Waals surface area contributed by atoms with Gasteiger partial charge in [0.05, 0.1) is 30.8 Å². The summed E-state index contributed by atoms with van der Waals surface area (Å²) in [5.41, 5.74) is 6.95. The van der Waals surface area contributed by atoms with Gasteiger partial charge in [0.25, 0.3) is 5.69 Å². The van der Waals surface area contributed by atoms with Gasteiger partial charge in [0.1, 0.15) is 72.8 Å². The first-order chi connectivity index (χ1) is 36.5. The lowest BCUT2D eigenvalue weighted by molar-refractivity contribution is -0.384. The van der Waals surface area contributed by atoms with E-state index in [1.54, 1.807) is 0 Å². The number of carbonyl (C=O) groups is 2. The van der Waals surface area contributed by atoms with Crippen molar-refractivity contribution in [3.05, 3.63) is 84.0 Å². The summed E-state index contributed by atoms with van der Waals surface area (Å²) in [4.78, 5) is 77.6. The Kier molecular flexibility index (Phi) is 17.1. The van der Waals surface area contributed by atoms with Crippen LogP contribution < -0.4 is 15.8 Å². The Bertz CT molecular complexity index is 3040. The molecule has 2 aliphatic carbocycles. The van der Waals surface area contributed by atoms with Crippen molar-refractivity contribution in [2.45, 2.75) is 125 Å². The Hall–Kier alpha value is -6.40. The smallest absolute Gasteiger partial charge is 0.442 e. The normalized spacial score (nSPS) is 31.9. The van der Waals surface area contributed by atoms with Crippen molar-refractivity contribution in [3.8, 4) is 5.75 Å². The highest BCUT2D eigenvalue weighted by Crippen LogP contribution is 2.54. The van der Waals surface area contributed by atoms with Gasteiger partial charge in [0.15, 0.2) is 40.9 Å². The number of nitrogens with one attached hydrogen (secondary N) is 1. The summed E-state index contributed by atoms with van der Waals surface area (Å²) in [5.74, 6) is 0.566. The molecule has 8 heterocycles. The van der Waals surface area contributed by atoms with Crippen LogP contribution in [0, 0.1) is 10.1 Å². The molecule has 408 valence electrons. The quantitative estimate of drug-likeness (QED) is 0.0304. The van der Waals surface area contributed by atoms with Crippen LogP contribution in [0.25, 0.3) is 22.3 Å². The first kappa shape index (κ1) is 54.4. The van der Waals surface area contributed by atoms with Crippen LogP contribution in [0.4, 0.5) is 26.9 Å². The molecule has 1 aromatic carbocycles. The number of rotatable bonds is 7. The molecular formula is C44H53N11O19P2. The third-order valence-corrected chi connectivity index (χ3v) is 14.6. The summed E-state index contributed by atoms with van der Waals surface area (Å²) in [7, 11) is -8.41. The number of phosphoric acid groups is 2. The van der Waals surface area contributed by atoms with Crippen molar-refractivity contribution in [3.63, 3.8) is 0 Å². The number of aliphatic hydroxyl groups is 2. The standard InChI is InChI=1S/C19H24N5O8P.C15H17NO5.C10H12N5O6P/c25-14-15-12(8-29-33(27,28)32-15)31-18(14)24-10-22-13-16(20-9-21-17(13)24)23-19(26)30-11-6-4-2-1-3-5-7-11;17-15(20-13-6-4-2-1-3-5-7-13)21-14-10-8-12(9-11-14)16(18)19;11-8-5-9(13-2-12-8)15(3-14-5)10-6(16)7-4(20-10)1-19-22(17,18)21-7/h4,6,9-12,14-15,18,25H,1-3,5,7-8H2,(H,27,28)(H,20,21,23,26);4,6,8-11,13H,1-3,5,7H2;2-4,6-7,10,16H,1H2,(H,17,18)(H2,11,12,13)/b2*6-4+;/t11?,12-,14+,15?,18-;;4-,6+,7?,10-/m1.1/s1. The average molecular weight is 1100 g/mol. The molecule has 4 saturated heterocycles. The molecule has 1 amide bonds. The number of benzene rings is 1. The number of hydrogen-bond donors (Lipinski definition) is 6. The van der Waals surface area contributed by atoms with E-state index < -0.39 is 81.9 Å². The van der Waals surface area contributed by atoms with E-state index >= 15 is 0 Å². The number of hydrogen-bond acceptors (Lipinski definition) is 24. The fourth-order valence-corrected chi connectivity index (χ4v) is 10.8. The van der Waals surface area contributed by atoms with Crippen LogP contribution in [0.5, 0.6) is 5.75 Å². The van der Waals surface area contributed by atoms with Gasteiger partial charge in [0, 0.05) is 12.1 Å². The molecule has 30 nitrogen and oxygen atoms in total. The molecule has 7 N–H and O–H groups in total. The maximum absolute atomic E-state index is 12.5. The Morgan fingerprint density at radius 3 is 1.82 bits per heavy atom. The largest absolute Gasteiger partial charge is 0.514 e. The third kappa shape index (κ3) is 13.0. The van der Waals surface area contributed by atoms with E-state index in [0.717, 1.165) is 64.2 Å². The maximum atomic E-state index is 12.5. The molecular weight excluding hydrogens is 1050 g/mol. The van der Waals surface area contributed by atoms with E-state index in [4.69, 9.17) is 43.0 Å². The van der Waals surface area contributed by atoms with Gasteiger partial charge in [-0.3, -0.25) is 42.7 Å². The number of imidazole rings is 2. The summed E-state index contributed by atoms with van der Waals surface area (Å²) in [6.45, 7) is -0.363. The molecule has 0 bridgehead atoms. The number of nitrogens with two attached hydrogens (primary N) is 1. The summed E-state index contributed by atoms with van der Waals surface area (Å²) in [5, 5.41) is 34.1. The number of anilines is 2. The number of fused-ring (bicyclic) bond motifs is 4. The van der Waals surface area contributed by atoms with Crippen molar-refractivity contribution < 1.29 is 85.4 Å². The van der Waals surface area contributed by atoms with Crippen LogP contribution in [0.3, 0.4) is 0 Å². The summed E-state index contributed by atoms with van der Waals surface area (Å²) in [6, 6.07) is 5.29. The Labute approximate surface area is 430 Å². The van der Waals surface area contributed by atoms with Crippen molar-refractivity contribution in [1.82, 2.24) is 39.0 Å². The predicted octanol–water partition coefficient (Wildman–Crippen LogP) is 5.22. The van der Waals surface area contributed by atoms with E-state index in [-0.39, 0.29) is 59.7 Å². The van der Waals surface area contributed by atoms with E-state index in [2.05, 4.69) is 39.7 Å². The number of nitro benzene ring substituents is 1. The van der Waals surface area contributed by atoms with Crippen molar-refractivity contribution in [1.29, 1.82) is 0 Å². The van der Waals surface area contributed by atoms with Gasteiger partial charge in [-0.15, -0.1) is 0 Å². The zero-order chi connectivity index (χ0) is 53.6. The van der Waals surface area contributed by atoms with Crippen molar-refractivity contribution in [2.24, 2.45) is 0 Å². The van der Waals surface area contributed by atoms with Crippen LogP contribution in [0.2, 0.25) is 0 Å². The second kappa shape index (κ2) is 23.9. The van der Waals surface area contributed by atoms with E-state index in [1.165, 1.54) is 58.7 Å². The van der Waals surface area contributed by atoms with Gasteiger partial charge >= 0.3 is 27.9 Å². The second-order valence-electron chi connectivity index (χ2n) is 17.9. The minimum Gasteiger partial charge on any atom is -0.442 e. The monoisotopic (exact) mass is 1100 g/mol. The lowest BCUT2D eigenvalue weighted by Crippen LogP contribution is -2.39. The number of ether oxygens (including phenoxy) is 5. The number of aromatic nitrogens is 8. The number of non-ortho nitro benzene ring substituents is 1. The minimum atomic E-state index is -4.25. The molecule has 5 aromatic rings. The molecule has 11 rings (SSSR count). The minimum absolute atomic E-state index is 0.0568. The number of allylic oxidation sites excluding steroid dienone is 2. The van der Waals surface area contributed by atoms with Gasteiger partial charge < -0.3 is 49.4 Å². The van der Waals surface area contributed by atoms with E-state index in [0.29, 0.717) is 11.2 Å². The molecule has 0 saturated carbocycles. The van der Waals surface area contributed by atoms with Gasteiger partial charge in [-0.25, -0.2) is 48.6 Å². The molecule has 0 spiro atoms. The molecule has 4 aromatic heterocycles. The topological polar surface area (TPSA) is 401 Å². The summed E-state index contributed by atoms with van der Waals surface area (Å²) < 4.78 is 72.6. The van der Waals surface area contributed by atoms with Crippen molar-refractivity contribution in [2.75, 3.05) is 24.3 Å². The molecule has 4 fully saturated rings. The highest BCUT2D eigenvalue weighted by Gasteiger charge is 2.54. The van der Waals surface area contributed by atoms with Gasteiger partial charge in [0.2, 0.25) is 0 Å². The fourth-order valence-electron chi connectivity index (χ4n) is 8.91. The Morgan fingerprint density at radius 1 is 0.724 bits per heavy atom. The fraction of sp³-hybridized carbons (Fsp3) is 0.500. The number of phosphoric ester groups is 2. The number of amides is 1. The molecule has 76 heavy (non-hydrogen) atoms. The van der Waals surface area contributed by atoms with Crippen LogP contribution in [0.15, 0.2) is 73.9 Å². The number of nitrogens with zero attached hydrogens (tertiary/aromatic N) is 9. The van der Waals surface area contributed by atoms with Crippen LogP contribution >= 0.6 is 15.6 Å². The summed E-state index contributed by atoms with van der Waals surface area (Å²) >= 11 is 0. The van der Waals surface area contributed by atoms with Gasteiger partial charge in [-0.1, -0.05) is 25.0 Å². The Morgan fingerprint density at radius 2 is 1.25 bits per heavy atom. The lowest BCUT2D eigenvalue weighted by Gasteiger charge is -2.27. The summed E-state index contributed by atoms with van der Waals surface area (Å²) in [6.07, 6.45) is 13.3. The number of carbonyl (C=O) groups excluding carboxylic acids is 2. The molecule has 4 aliphatic heterocycles. The first-order valence-corrected chi connectivity index (χ1v) is 27.0. The second-order valence-corrected chi connectivity index (χ2v) is 20.7. The zero-order valence-electron chi connectivity index (χ0n) is 40.1. The first-order valence-electron chi connectivity index (χ1n) is 24.1. The van der Waals surface area contributed by atoms with E-state index in [1.807, 2.05) is 24.3 Å². The zero-order valence-corrected chi connectivity index (χ0v) is 41.9. The van der Waals surface area contributed by atoms with Crippen LogP contribution in [-0.2, 0) is 46.2 Å². The van der Waals surface area contributed by atoms with Gasteiger partial charge in [-0.05, 0) is 75.7 Å². The highest BCUT2D eigenvalue weighted by atomic mass is 31.2. The molecule has 6 unspecified atom stereocenters. The van der Waals surface area contributed by atoms with Crippen LogP contribution in [-0.4, -0.2) is 138 Å². The number of aliphatic hydroxyl groups excluding tert-OH is 2. The van der Waals surface area contributed by atoms with Crippen LogP contribution in [0.1, 0.15) is 76.7 Å². The SMILES string of the molecule is Nc1ncnc2c1ncn2[C@@H]1O[C@@H]2COP(=O)(O)OC2[C@@H]1O.O=C(Nc1ncnc2c1ncn2[C@@H]1O[C@@H]2COP(=O)(O)OC2[C@@H]1O)OC1/C=C/CCCCC1.O=C(Oc1ccc([N+](=O)[O-])cc1)OC1/C=C/CCCCC1. The lowest BCUT2D eigenvalue weighted by atomic mass is 10.0. The third-order valence-electron chi connectivity index (χ3n) is 12.6. The van der Waals surface area contributed by atoms with E-state index in [9.17, 15) is 48.8 Å². The maximum Gasteiger partial charge on any atom is 0.514 e. The average Bonchev–Trinajstić information content (AvgIpc) is 4.15. The predicted molar refractivity (Wildman–Crippen MR) is 259 cm³/mol. The molecule has 0 radical (unpaired) electrons. The number of nitro groups is 1. The highest BCUT2D eigenvalue weighted by molar-refractivity contribution is 7.47.